The van der Waals surface area contributed by atoms with Gasteiger partial charge in [0.25, 0.3) is 0 Å². The van der Waals surface area contributed by atoms with Gasteiger partial charge in [0.05, 0.1) is 6.54 Å². The minimum absolute atomic E-state index is 0.00458. The average molecular weight is 210 g/mol. The van der Waals surface area contributed by atoms with Crippen molar-refractivity contribution in [3.8, 4) is 0 Å². The molecule has 1 spiro atoms. The minimum Gasteiger partial charge on any atom is -0.340 e. The topological polar surface area (TPSA) is 49.4 Å². The third-order valence-electron chi connectivity index (χ3n) is 3.36. The van der Waals surface area contributed by atoms with Crippen molar-refractivity contribution in [1.29, 1.82) is 0 Å². The highest BCUT2D eigenvalue weighted by molar-refractivity contribution is 5.98. The van der Waals surface area contributed by atoms with Crippen molar-refractivity contribution in [3.63, 3.8) is 0 Å². The molecule has 0 bridgehead atoms. The van der Waals surface area contributed by atoms with Gasteiger partial charge in [-0.05, 0) is 19.3 Å². The lowest BCUT2D eigenvalue weighted by Crippen LogP contribution is -2.65. The van der Waals surface area contributed by atoms with Crippen molar-refractivity contribution in [2.45, 2.75) is 44.6 Å². The van der Waals surface area contributed by atoms with Crippen molar-refractivity contribution in [2.75, 3.05) is 13.1 Å². The van der Waals surface area contributed by atoms with Gasteiger partial charge in [-0.3, -0.25) is 9.59 Å². The molecule has 0 radical (unpaired) electrons. The van der Waals surface area contributed by atoms with Crippen LogP contribution in [0.15, 0.2) is 0 Å². The summed E-state index contributed by atoms with van der Waals surface area (Å²) in [5.41, 5.74) is -0.537. The zero-order chi connectivity index (χ0) is 10.9. The van der Waals surface area contributed by atoms with Crippen LogP contribution in [0.25, 0.3) is 0 Å². The lowest BCUT2D eigenvalue weighted by Gasteiger charge is -2.39. The van der Waals surface area contributed by atoms with E-state index in [2.05, 4.69) is 5.32 Å². The number of hydrogen-bond donors (Lipinski definition) is 1. The van der Waals surface area contributed by atoms with Crippen molar-refractivity contribution < 1.29 is 9.59 Å². The van der Waals surface area contributed by atoms with Crippen LogP contribution in [0.2, 0.25) is 0 Å². The van der Waals surface area contributed by atoms with Crippen LogP contribution in [0, 0.1) is 0 Å². The van der Waals surface area contributed by atoms with Gasteiger partial charge in [-0.15, -0.1) is 0 Å². The van der Waals surface area contributed by atoms with E-state index in [0.717, 1.165) is 32.1 Å². The molecule has 2 rings (SSSR count). The molecule has 2 fully saturated rings. The third kappa shape index (κ3) is 1.73. The Morgan fingerprint density at radius 1 is 1.33 bits per heavy atom. The van der Waals surface area contributed by atoms with E-state index in [0.29, 0.717) is 6.54 Å². The Bertz CT molecular complexity index is 282. The van der Waals surface area contributed by atoms with E-state index >= 15 is 0 Å². The number of hydrogen-bond acceptors (Lipinski definition) is 2. The van der Waals surface area contributed by atoms with Gasteiger partial charge in [-0.25, -0.2) is 0 Å². The summed E-state index contributed by atoms with van der Waals surface area (Å²) in [6.45, 7) is 2.98. The third-order valence-corrected chi connectivity index (χ3v) is 3.36. The molecule has 2 amide bonds. The molecule has 1 saturated heterocycles. The number of piperazine rings is 1. The number of nitrogens with zero attached hydrogens (tertiary/aromatic N) is 1. The Morgan fingerprint density at radius 2 is 2.00 bits per heavy atom. The van der Waals surface area contributed by atoms with E-state index in [1.165, 1.54) is 0 Å². The average Bonchev–Trinajstić information content (AvgIpc) is 2.64. The van der Waals surface area contributed by atoms with Gasteiger partial charge in [0.2, 0.25) is 11.8 Å². The van der Waals surface area contributed by atoms with Crippen molar-refractivity contribution in [2.24, 2.45) is 0 Å². The van der Waals surface area contributed by atoms with Crippen LogP contribution in [0.4, 0.5) is 0 Å². The number of rotatable bonds is 2. The fourth-order valence-electron chi connectivity index (χ4n) is 2.68. The Kier molecular flexibility index (Phi) is 2.67. The maximum absolute atomic E-state index is 12.2. The Labute approximate surface area is 90.0 Å². The zero-order valence-corrected chi connectivity index (χ0v) is 9.21. The largest absolute Gasteiger partial charge is 0.340 e. The Hall–Kier alpha value is -1.06. The summed E-state index contributed by atoms with van der Waals surface area (Å²) in [7, 11) is 0. The highest BCUT2D eigenvalue weighted by atomic mass is 16.2. The van der Waals surface area contributed by atoms with Crippen LogP contribution < -0.4 is 5.32 Å². The van der Waals surface area contributed by atoms with Crippen LogP contribution in [0.5, 0.6) is 0 Å². The molecule has 1 heterocycles. The second-order valence-electron chi connectivity index (χ2n) is 4.56. The predicted molar refractivity (Wildman–Crippen MR) is 56.2 cm³/mol. The fourth-order valence-corrected chi connectivity index (χ4v) is 2.68. The van der Waals surface area contributed by atoms with Gasteiger partial charge in [0, 0.05) is 6.54 Å². The lowest BCUT2D eigenvalue weighted by molar-refractivity contribution is -0.149. The summed E-state index contributed by atoms with van der Waals surface area (Å²) in [5.74, 6) is 0.145. The fraction of sp³-hybridized carbons (Fsp3) is 0.818. The number of carbonyl (C=O) groups excluding carboxylic acids is 2. The standard InChI is InChI=1S/C11H18N2O2/c1-2-7-13-8-9(14)12-11(10(13)15)5-3-4-6-11/h2-8H2,1H3,(H,12,14). The maximum atomic E-state index is 12.2. The molecule has 2 aliphatic rings. The smallest absolute Gasteiger partial charge is 0.248 e. The number of nitrogens with one attached hydrogen (secondary N) is 1. The predicted octanol–water partition coefficient (Wildman–Crippen LogP) is 0.668. The summed E-state index contributed by atoms with van der Waals surface area (Å²) >= 11 is 0. The Morgan fingerprint density at radius 3 is 2.60 bits per heavy atom. The summed E-state index contributed by atoms with van der Waals surface area (Å²) in [6.07, 6.45) is 4.64. The van der Waals surface area contributed by atoms with Crippen LogP contribution in [0.1, 0.15) is 39.0 Å². The maximum Gasteiger partial charge on any atom is 0.248 e. The molecule has 1 N–H and O–H groups in total. The molecule has 1 saturated carbocycles. The van der Waals surface area contributed by atoms with Gasteiger partial charge in [-0.1, -0.05) is 19.8 Å². The van der Waals surface area contributed by atoms with Crippen LogP contribution in [-0.2, 0) is 9.59 Å². The first-order chi connectivity index (χ1) is 7.18. The molecule has 0 aromatic rings. The number of carbonyl (C=O) groups is 2. The molecule has 0 unspecified atom stereocenters. The van der Waals surface area contributed by atoms with Gasteiger partial charge in [0.15, 0.2) is 0 Å². The van der Waals surface area contributed by atoms with Gasteiger partial charge < -0.3 is 10.2 Å². The van der Waals surface area contributed by atoms with E-state index in [1.54, 1.807) is 4.90 Å². The lowest BCUT2D eigenvalue weighted by atomic mass is 9.93. The monoisotopic (exact) mass is 210 g/mol. The van der Waals surface area contributed by atoms with Crippen LogP contribution in [-0.4, -0.2) is 35.3 Å². The van der Waals surface area contributed by atoms with E-state index in [1.807, 2.05) is 6.92 Å². The molecule has 4 nitrogen and oxygen atoms in total. The molecule has 84 valence electrons. The van der Waals surface area contributed by atoms with Crippen LogP contribution in [0.3, 0.4) is 0 Å². The molecule has 0 atom stereocenters. The van der Waals surface area contributed by atoms with E-state index in [4.69, 9.17) is 0 Å². The molecule has 1 aliphatic heterocycles. The van der Waals surface area contributed by atoms with Crippen LogP contribution >= 0.6 is 0 Å². The molecule has 0 aromatic heterocycles. The van der Waals surface area contributed by atoms with Crippen molar-refractivity contribution in [3.05, 3.63) is 0 Å². The molecule has 0 aromatic carbocycles. The molecule has 1 aliphatic carbocycles. The molecular weight excluding hydrogens is 192 g/mol. The number of amides is 2. The first kappa shape index (κ1) is 10.5. The van der Waals surface area contributed by atoms with Gasteiger partial charge in [0.1, 0.15) is 5.54 Å². The Balaban J connectivity index is 2.17. The summed E-state index contributed by atoms with van der Waals surface area (Å²) < 4.78 is 0. The summed E-state index contributed by atoms with van der Waals surface area (Å²) in [5, 5.41) is 2.90. The summed E-state index contributed by atoms with van der Waals surface area (Å²) in [4.78, 5) is 25.5. The normalized spacial score (nSPS) is 24.7. The first-order valence-electron chi connectivity index (χ1n) is 5.78. The molecule has 4 heteroatoms. The minimum atomic E-state index is -0.537. The van der Waals surface area contributed by atoms with E-state index < -0.39 is 5.54 Å². The summed E-state index contributed by atoms with van der Waals surface area (Å²) in [6, 6.07) is 0. The van der Waals surface area contributed by atoms with Crippen molar-refractivity contribution in [1.82, 2.24) is 10.2 Å². The molecular formula is C11H18N2O2. The molecule has 15 heavy (non-hydrogen) atoms. The van der Waals surface area contributed by atoms with Gasteiger partial charge in [-0.2, -0.15) is 0 Å². The second-order valence-corrected chi connectivity index (χ2v) is 4.56. The quantitative estimate of drug-likeness (QED) is 0.728. The second kappa shape index (κ2) is 3.83. The van der Waals surface area contributed by atoms with E-state index in [-0.39, 0.29) is 18.4 Å². The van der Waals surface area contributed by atoms with Gasteiger partial charge >= 0.3 is 0 Å². The highest BCUT2D eigenvalue weighted by Gasteiger charge is 2.47. The van der Waals surface area contributed by atoms with E-state index in [9.17, 15) is 9.59 Å². The highest BCUT2D eigenvalue weighted by Crippen LogP contribution is 2.33. The SMILES string of the molecule is CCCN1CC(=O)NC2(CCCC2)C1=O. The zero-order valence-electron chi connectivity index (χ0n) is 9.21. The van der Waals surface area contributed by atoms with Crippen molar-refractivity contribution >= 4 is 11.8 Å². The first-order valence-corrected chi connectivity index (χ1v) is 5.78.